The van der Waals surface area contributed by atoms with E-state index in [-0.39, 0.29) is 11.7 Å². The van der Waals surface area contributed by atoms with Crippen molar-refractivity contribution >= 4 is 5.84 Å². The summed E-state index contributed by atoms with van der Waals surface area (Å²) in [7, 11) is 1.87. The highest BCUT2D eigenvalue weighted by Crippen LogP contribution is 2.04. The first-order valence-corrected chi connectivity index (χ1v) is 4.34. The van der Waals surface area contributed by atoms with Crippen molar-refractivity contribution in [3.8, 4) is 0 Å². The Kier molecular flexibility index (Phi) is 3.59. The van der Waals surface area contributed by atoms with Gasteiger partial charge in [-0.2, -0.15) is 0 Å². The zero-order valence-corrected chi connectivity index (χ0v) is 8.13. The van der Waals surface area contributed by atoms with Crippen LogP contribution in [-0.4, -0.2) is 24.3 Å². The number of amidine groups is 1. The lowest BCUT2D eigenvalue weighted by Gasteiger charge is -2.15. The van der Waals surface area contributed by atoms with E-state index in [0.717, 1.165) is 5.56 Å². The van der Waals surface area contributed by atoms with Gasteiger partial charge < -0.3 is 5.73 Å². The quantitative estimate of drug-likeness (QED) is 0.560. The minimum atomic E-state index is -0.233. The summed E-state index contributed by atoms with van der Waals surface area (Å²) in [6.07, 6.45) is 0. The largest absolute Gasteiger partial charge is 0.387 e. The average molecular weight is 195 g/mol. The topological polar surface area (TPSA) is 53.1 Å². The maximum absolute atomic E-state index is 12.6. The maximum Gasteiger partial charge on any atom is 0.123 e. The molecule has 0 aliphatic heterocycles. The normalized spacial score (nSPS) is 10.5. The lowest BCUT2D eigenvalue weighted by Crippen LogP contribution is -2.29. The zero-order chi connectivity index (χ0) is 10.6. The van der Waals surface area contributed by atoms with Crippen LogP contribution in [0.25, 0.3) is 0 Å². The summed E-state index contributed by atoms with van der Waals surface area (Å²) in [6.45, 7) is 1.09. The zero-order valence-electron chi connectivity index (χ0n) is 8.13. The number of hydrogen-bond acceptors (Lipinski definition) is 2. The molecule has 0 aliphatic carbocycles. The Morgan fingerprint density at radius 1 is 1.43 bits per heavy atom. The smallest absolute Gasteiger partial charge is 0.123 e. The molecule has 0 amide bonds. The van der Waals surface area contributed by atoms with E-state index in [4.69, 9.17) is 11.1 Å². The van der Waals surface area contributed by atoms with Crippen LogP contribution in [0.2, 0.25) is 0 Å². The molecule has 1 aromatic rings. The summed E-state index contributed by atoms with van der Waals surface area (Å²) in [4.78, 5) is 1.90. The van der Waals surface area contributed by atoms with E-state index in [0.29, 0.717) is 13.1 Å². The Labute approximate surface area is 82.8 Å². The Hall–Kier alpha value is -1.42. The molecule has 76 valence electrons. The van der Waals surface area contributed by atoms with Crippen molar-refractivity contribution in [1.29, 1.82) is 5.41 Å². The molecule has 0 saturated carbocycles. The SMILES string of the molecule is CN(CC(=N)N)Cc1ccc(F)cc1. The number of nitrogens with two attached hydrogens (primary N) is 1. The van der Waals surface area contributed by atoms with Crippen molar-refractivity contribution in [2.24, 2.45) is 5.73 Å². The summed E-state index contributed by atoms with van der Waals surface area (Å²) in [5.41, 5.74) is 6.26. The molecule has 0 bridgehead atoms. The van der Waals surface area contributed by atoms with Gasteiger partial charge in [0.05, 0.1) is 6.54 Å². The summed E-state index contributed by atoms with van der Waals surface area (Å²) < 4.78 is 12.6. The fraction of sp³-hybridized carbons (Fsp3) is 0.300. The van der Waals surface area contributed by atoms with Crippen LogP contribution < -0.4 is 5.73 Å². The highest BCUT2D eigenvalue weighted by atomic mass is 19.1. The highest BCUT2D eigenvalue weighted by Gasteiger charge is 2.01. The highest BCUT2D eigenvalue weighted by molar-refractivity contribution is 5.78. The predicted molar refractivity (Wildman–Crippen MR) is 54.6 cm³/mol. The molecule has 0 unspecified atom stereocenters. The number of nitrogens with zero attached hydrogens (tertiary/aromatic N) is 1. The first-order valence-electron chi connectivity index (χ1n) is 4.34. The molecule has 3 nitrogen and oxygen atoms in total. The number of halogens is 1. The van der Waals surface area contributed by atoms with Crippen LogP contribution in [0.1, 0.15) is 5.56 Å². The third kappa shape index (κ3) is 3.53. The van der Waals surface area contributed by atoms with Gasteiger partial charge in [0.2, 0.25) is 0 Å². The van der Waals surface area contributed by atoms with E-state index in [1.165, 1.54) is 12.1 Å². The number of nitrogens with one attached hydrogen (secondary N) is 1. The van der Waals surface area contributed by atoms with Crippen LogP contribution >= 0.6 is 0 Å². The first kappa shape index (κ1) is 10.7. The van der Waals surface area contributed by atoms with Gasteiger partial charge in [-0.25, -0.2) is 4.39 Å². The van der Waals surface area contributed by atoms with E-state index >= 15 is 0 Å². The van der Waals surface area contributed by atoms with E-state index in [1.807, 2.05) is 11.9 Å². The lowest BCUT2D eigenvalue weighted by atomic mass is 10.2. The van der Waals surface area contributed by atoms with Crippen molar-refractivity contribution in [2.75, 3.05) is 13.6 Å². The Balaban J connectivity index is 2.51. The molecule has 0 saturated heterocycles. The summed E-state index contributed by atoms with van der Waals surface area (Å²) in [5.74, 6) is -0.0995. The molecule has 0 spiro atoms. The molecule has 0 fully saturated rings. The van der Waals surface area contributed by atoms with E-state index in [9.17, 15) is 4.39 Å². The standard InChI is InChI=1S/C10H14FN3/c1-14(7-10(12)13)6-8-2-4-9(11)5-3-8/h2-5H,6-7H2,1H3,(H3,12,13). The van der Waals surface area contributed by atoms with Crippen LogP contribution in [0, 0.1) is 11.2 Å². The predicted octanol–water partition coefficient (Wildman–Crippen LogP) is 1.19. The fourth-order valence-electron chi connectivity index (χ4n) is 1.25. The van der Waals surface area contributed by atoms with Crippen molar-refractivity contribution in [1.82, 2.24) is 4.90 Å². The second-order valence-electron chi connectivity index (χ2n) is 3.32. The molecular weight excluding hydrogens is 181 g/mol. The third-order valence-corrected chi connectivity index (χ3v) is 1.81. The van der Waals surface area contributed by atoms with Crippen LogP contribution in [0.5, 0.6) is 0 Å². The fourth-order valence-corrected chi connectivity index (χ4v) is 1.25. The molecule has 4 heteroatoms. The molecule has 1 aromatic carbocycles. The van der Waals surface area contributed by atoms with Crippen molar-refractivity contribution in [2.45, 2.75) is 6.54 Å². The third-order valence-electron chi connectivity index (χ3n) is 1.81. The monoisotopic (exact) mass is 195 g/mol. The summed E-state index contributed by atoms with van der Waals surface area (Å²) in [6, 6.07) is 6.31. The van der Waals surface area contributed by atoms with Crippen molar-refractivity contribution in [3.05, 3.63) is 35.6 Å². The van der Waals surface area contributed by atoms with Crippen LogP contribution in [0.4, 0.5) is 4.39 Å². The molecule has 1 rings (SSSR count). The van der Waals surface area contributed by atoms with Crippen molar-refractivity contribution in [3.63, 3.8) is 0 Å². The molecule has 14 heavy (non-hydrogen) atoms. The second kappa shape index (κ2) is 4.72. The molecule has 3 N–H and O–H groups in total. The maximum atomic E-state index is 12.6. The van der Waals surface area contributed by atoms with Gasteiger partial charge >= 0.3 is 0 Å². The average Bonchev–Trinajstić information content (AvgIpc) is 2.07. The van der Waals surface area contributed by atoms with Gasteiger partial charge in [0.15, 0.2) is 0 Å². The summed E-state index contributed by atoms with van der Waals surface area (Å²) in [5, 5.41) is 7.10. The lowest BCUT2D eigenvalue weighted by molar-refractivity contribution is 0.372. The van der Waals surface area contributed by atoms with Gasteiger partial charge in [-0.15, -0.1) is 0 Å². The Bertz CT molecular complexity index is 308. The molecule has 0 aromatic heterocycles. The molecule has 0 heterocycles. The number of likely N-dealkylation sites (N-methyl/N-ethyl adjacent to an activating group) is 1. The molecule has 0 atom stereocenters. The Morgan fingerprint density at radius 3 is 2.50 bits per heavy atom. The van der Waals surface area contributed by atoms with Gasteiger partial charge in [-0.3, -0.25) is 10.3 Å². The van der Waals surface area contributed by atoms with Gasteiger partial charge in [-0.05, 0) is 24.7 Å². The number of benzene rings is 1. The van der Waals surface area contributed by atoms with Crippen LogP contribution in [-0.2, 0) is 6.54 Å². The number of rotatable bonds is 4. The van der Waals surface area contributed by atoms with Gasteiger partial charge in [0.1, 0.15) is 11.7 Å². The van der Waals surface area contributed by atoms with E-state index < -0.39 is 0 Å². The van der Waals surface area contributed by atoms with Gasteiger partial charge in [-0.1, -0.05) is 12.1 Å². The van der Waals surface area contributed by atoms with E-state index in [2.05, 4.69) is 0 Å². The van der Waals surface area contributed by atoms with Crippen LogP contribution in [0.15, 0.2) is 24.3 Å². The van der Waals surface area contributed by atoms with Crippen molar-refractivity contribution < 1.29 is 4.39 Å². The molecule has 0 radical (unpaired) electrons. The molecular formula is C10H14FN3. The first-order chi connectivity index (χ1) is 6.58. The number of hydrogen-bond donors (Lipinski definition) is 2. The Morgan fingerprint density at radius 2 is 2.00 bits per heavy atom. The molecule has 0 aliphatic rings. The van der Waals surface area contributed by atoms with Crippen LogP contribution in [0.3, 0.4) is 0 Å². The van der Waals surface area contributed by atoms with Gasteiger partial charge in [0.25, 0.3) is 0 Å². The second-order valence-corrected chi connectivity index (χ2v) is 3.32. The minimum Gasteiger partial charge on any atom is -0.387 e. The summed E-state index contributed by atoms with van der Waals surface area (Å²) >= 11 is 0. The minimum absolute atomic E-state index is 0.134. The van der Waals surface area contributed by atoms with E-state index in [1.54, 1.807) is 12.1 Å². The van der Waals surface area contributed by atoms with Gasteiger partial charge in [0, 0.05) is 6.54 Å².